The molecule has 0 heterocycles. The highest BCUT2D eigenvalue weighted by atomic mass is 16.3. The first-order valence-electron chi connectivity index (χ1n) is 7.06. The fourth-order valence-corrected chi connectivity index (χ4v) is 2.75. The Balaban J connectivity index is 1.94. The number of nitrogens with zero attached hydrogens (tertiary/aromatic N) is 1. The summed E-state index contributed by atoms with van der Waals surface area (Å²) in [6.45, 7) is 2.04. The van der Waals surface area contributed by atoms with Gasteiger partial charge in [-0.15, -0.1) is 0 Å². The Morgan fingerprint density at radius 2 is 1.89 bits per heavy atom. The first kappa shape index (κ1) is 14.1. The molecule has 19 heavy (non-hydrogen) atoms. The molecule has 0 aromatic heterocycles. The fourth-order valence-electron chi connectivity index (χ4n) is 2.75. The highest BCUT2D eigenvalue weighted by Crippen LogP contribution is 2.23. The second-order valence-corrected chi connectivity index (χ2v) is 5.57. The van der Waals surface area contributed by atoms with E-state index in [0.29, 0.717) is 12.5 Å². The second-order valence-electron chi connectivity index (χ2n) is 5.57. The molecule has 0 aliphatic heterocycles. The molecule has 1 aliphatic rings. The van der Waals surface area contributed by atoms with Crippen molar-refractivity contribution < 1.29 is 9.90 Å². The van der Waals surface area contributed by atoms with Crippen LogP contribution in [0.3, 0.4) is 0 Å². The third-order valence-corrected chi connectivity index (χ3v) is 4.21. The summed E-state index contributed by atoms with van der Waals surface area (Å²) in [5.74, 6) is 0.177. The van der Waals surface area contributed by atoms with E-state index in [1.165, 1.54) is 5.56 Å². The van der Waals surface area contributed by atoms with Gasteiger partial charge >= 0.3 is 0 Å². The van der Waals surface area contributed by atoms with Crippen LogP contribution in [0.2, 0.25) is 0 Å². The van der Waals surface area contributed by atoms with Gasteiger partial charge in [0.25, 0.3) is 0 Å². The molecule has 0 spiro atoms. The van der Waals surface area contributed by atoms with Crippen LogP contribution in [0.4, 0.5) is 0 Å². The van der Waals surface area contributed by atoms with E-state index in [0.717, 1.165) is 31.2 Å². The lowest BCUT2D eigenvalue weighted by Crippen LogP contribution is -2.41. The maximum atomic E-state index is 12.3. The average molecular weight is 261 g/mol. The van der Waals surface area contributed by atoms with Crippen molar-refractivity contribution in [3.8, 4) is 0 Å². The smallest absolute Gasteiger partial charge is 0.226 e. The molecular weight excluding hydrogens is 238 g/mol. The number of carbonyl (C=O) groups excluding carboxylic acids is 1. The van der Waals surface area contributed by atoms with Crippen LogP contribution in [0, 0.1) is 6.92 Å². The lowest BCUT2D eigenvalue weighted by Gasteiger charge is -2.33. The summed E-state index contributed by atoms with van der Waals surface area (Å²) in [6.07, 6.45) is 3.76. The van der Waals surface area contributed by atoms with Gasteiger partial charge in [0.15, 0.2) is 0 Å². The van der Waals surface area contributed by atoms with Gasteiger partial charge in [-0.2, -0.15) is 0 Å². The molecule has 3 heteroatoms. The zero-order chi connectivity index (χ0) is 13.8. The highest BCUT2D eigenvalue weighted by molar-refractivity contribution is 5.79. The molecule has 1 aromatic carbocycles. The number of likely N-dealkylation sites (N-methyl/N-ethyl adjacent to an activating group) is 1. The topological polar surface area (TPSA) is 40.5 Å². The summed E-state index contributed by atoms with van der Waals surface area (Å²) in [6, 6.07) is 8.33. The standard InChI is InChI=1S/C16H23NO2/c1-12-5-3-4-6-13(12)11-16(19)17(2)14-7-9-15(18)10-8-14/h3-6,14-15,18H,7-11H2,1-2H3. The molecule has 0 radical (unpaired) electrons. The second kappa shape index (κ2) is 6.20. The largest absolute Gasteiger partial charge is 0.393 e. The average Bonchev–Trinajstić information content (AvgIpc) is 2.41. The number of hydrogen-bond acceptors (Lipinski definition) is 2. The zero-order valence-corrected chi connectivity index (χ0v) is 11.8. The van der Waals surface area contributed by atoms with Gasteiger partial charge < -0.3 is 10.0 Å². The minimum atomic E-state index is -0.170. The third-order valence-electron chi connectivity index (χ3n) is 4.21. The minimum Gasteiger partial charge on any atom is -0.393 e. The number of carbonyl (C=O) groups is 1. The van der Waals surface area contributed by atoms with Gasteiger partial charge in [0, 0.05) is 13.1 Å². The monoisotopic (exact) mass is 261 g/mol. The number of benzene rings is 1. The van der Waals surface area contributed by atoms with Crippen molar-refractivity contribution in [1.29, 1.82) is 0 Å². The summed E-state index contributed by atoms with van der Waals surface area (Å²) >= 11 is 0. The summed E-state index contributed by atoms with van der Waals surface area (Å²) in [7, 11) is 1.89. The number of aryl methyl sites for hydroxylation is 1. The Hall–Kier alpha value is -1.35. The lowest BCUT2D eigenvalue weighted by molar-refractivity contribution is -0.132. The molecule has 1 aromatic rings. The van der Waals surface area contributed by atoms with Crippen LogP contribution in [0.5, 0.6) is 0 Å². The van der Waals surface area contributed by atoms with E-state index in [1.54, 1.807) is 0 Å². The first-order chi connectivity index (χ1) is 9.08. The number of aliphatic hydroxyl groups excluding tert-OH is 1. The Morgan fingerprint density at radius 3 is 2.53 bits per heavy atom. The van der Waals surface area contributed by atoms with Crippen LogP contribution in [0.25, 0.3) is 0 Å². The number of rotatable bonds is 3. The van der Waals surface area contributed by atoms with Gasteiger partial charge in [-0.05, 0) is 43.7 Å². The van der Waals surface area contributed by atoms with Gasteiger partial charge in [-0.25, -0.2) is 0 Å². The zero-order valence-electron chi connectivity index (χ0n) is 11.8. The Kier molecular flexibility index (Phi) is 4.59. The first-order valence-corrected chi connectivity index (χ1v) is 7.06. The minimum absolute atomic E-state index is 0.170. The van der Waals surface area contributed by atoms with Crippen molar-refractivity contribution in [2.24, 2.45) is 0 Å². The van der Waals surface area contributed by atoms with E-state index in [1.807, 2.05) is 43.1 Å². The molecule has 1 saturated carbocycles. The summed E-state index contributed by atoms with van der Waals surface area (Å²) in [4.78, 5) is 14.2. The molecule has 0 saturated heterocycles. The van der Waals surface area contributed by atoms with Crippen molar-refractivity contribution >= 4 is 5.91 Å². The van der Waals surface area contributed by atoms with Crippen molar-refractivity contribution in [3.05, 3.63) is 35.4 Å². The SMILES string of the molecule is Cc1ccccc1CC(=O)N(C)C1CCC(O)CC1. The fraction of sp³-hybridized carbons (Fsp3) is 0.562. The van der Waals surface area contributed by atoms with Crippen molar-refractivity contribution in [2.75, 3.05) is 7.05 Å². The van der Waals surface area contributed by atoms with E-state index in [9.17, 15) is 9.90 Å². The molecule has 2 rings (SSSR count). The number of amides is 1. The van der Waals surface area contributed by atoms with E-state index >= 15 is 0 Å². The molecule has 0 atom stereocenters. The van der Waals surface area contributed by atoms with Crippen molar-refractivity contribution in [1.82, 2.24) is 4.90 Å². The highest BCUT2D eigenvalue weighted by Gasteiger charge is 2.25. The van der Waals surface area contributed by atoms with Gasteiger partial charge in [-0.3, -0.25) is 4.79 Å². The maximum Gasteiger partial charge on any atom is 0.226 e. The Morgan fingerprint density at radius 1 is 1.26 bits per heavy atom. The van der Waals surface area contributed by atoms with Crippen molar-refractivity contribution in [3.63, 3.8) is 0 Å². The van der Waals surface area contributed by atoms with Crippen LogP contribution in [0.15, 0.2) is 24.3 Å². The Bertz CT molecular complexity index is 436. The van der Waals surface area contributed by atoms with E-state index in [2.05, 4.69) is 0 Å². The summed E-state index contributed by atoms with van der Waals surface area (Å²) in [5.41, 5.74) is 2.28. The van der Waals surface area contributed by atoms with Crippen LogP contribution in [-0.4, -0.2) is 35.1 Å². The predicted octanol–water partition coefficient (Wildman–Crippen LogP) is 2.30. The van der Waals surface area contributed by atoms with Crippen LogP contribution in [-0.2, 0) is 11.2 Å². The molecule has 3 nitrogen and oxygen atoms in total. The van der Waals surface area contributed by atoms with Crippen LogP contribution < -0.4 is 0 Å². The van der Waals surface area contributed by atoms with Gasteiger partial charge in [-0.1, -0.05) is 24.3 Å². The molecule has 1 fully saturated rings. The van der Waals surface area contributed by atoms with Crippen LogP contribution >= 0.6 is 0 Å². The summed E-state index contributed by atoms with van der Waals surface area (Å²) in [5, 5.41) is 9.52. The molecule has 1 N–H and O–H groups in total. The molecule has 1 aliphatic carbocycles. The lowest BCUT2D eigenvalue weighted by atomic mass is 9.92. The molecule has 104 valence electrons. The number of aliphatic hydroxyl groups is 1. The molecule has 0 unspecified atom stereocenters. The van der Waals surface area contributed by atoms with Gasteiger partial charge in [0.2, 0.25) is 5.91 Å². The Labute approximate surface area is 115 Å². The van der Waals surface area contributed by atoms with Gasteiger partial charge in [0.1, 0.15) is 0 Å². The quantitative estimate of drug-likeness (QED) is 0.907. The maximum absolute atomic E-state index is 12.3. The summed E-state index contributed by atoms with van der Waals surface area (Å²) < 4.78 is 0. The van der Waals surface area contributed by atoms with E-state index < -0.39 is 0 Å². The van der Waals surface area contributed by atoms with Crippen molar-refractivity contribution in [2.45, 2.75) is 51.2 Å². The normalized spacial score (nSPS) is 23.1. The molecular formula is C16H23NO2. The molecule has 0 bridgehead atoms. The number of hydrogen-bond donors (Lipinski definition) is 1. The van der Waals surface area contributed by atoms with E-state index in [4.69, 9.17) is 0 Å². The van der Waals surface area contributed by atoms with E-state index in [-0.39, 0.29) is 12.0 Å². The third kappa shape index (κ3) is 3.57. The predicted molar refractivity (Wildman–Crippen MR) is 75.9 cm³/mol. The molecule has 1 amide bonds. The van der Waals surface area contributed by atoms with Crippen LogP contribution in [0.1, 0.15) is 36.8 Å². The van der Waals surface area contributed by atoms with Gasteiger partial charge in [0.05, 0.1) is 12.5 Å².